The van der Waals surface area contributed by atoms with Crippen molar-refractivity contribution in [1.29, 1.82) is 0 Å². The molecule has 120 valence electrons. The zero-order valence-electron chi connectivity index (χ0n) is 13.4. The number of hydrogen-bond acceptors (Lipinski definition) is 2. The van der Waals surface area contributed by atoms with Crippen LogP contribution >= 0.6 is 0 Å². The van der Waals surface area contributed by atoms with E-state index >= 15 is 0 Å². The van der Waals surface area contributed by atoms with Crippen LogP contribution in [-0.4, -0.2) is 25.7 Å². The first-order chi connectivity index (χ1) is 10.8. The van der Waals surface area contributed by atoms with Crippen LogP contribution in [0.5, 0.6) is 0 Å². The quantitative estimate of drug-likeness (QED) is 0.750. The molecule has 1 saturated carbocycles. The SMILES string of the molecule is O=C(Cc1ccc2c(c1)CCCC2)NCCCOCC1CC1. The van der Waals surface area contributed by atoms with Crippen LogP contribution in [0.15, 0.2) is 18.2 Å². The van der Waals surface area contributed by atoms with Crippen LogP contribution in [0.25, 0.3) is 0 Å². The van der Waals surface area contributed by atoms with Crippen LogP contribution in [0.1, 0.15) is 48.8 Å². The Morgan fingerprint density at radius 2 is 2.00 bits per heavy atom. The van der Waals surface area contributed by atoms with E-state index in [4.69, 9.17) is 4.74 Å². The highest BCUT2D eigenvalue weighted by Gasteiger charge is 2.20. The number of hydrogen-bond donors (Lipinski definition) is 1. The number of nitrogens with one attached hydrogen (secondary N) is 1. The molecule has 2 aliphatic rings. The predicted molar refractivity (Wildman–Crippen MR) is 88.0 cm³/mol. The largest absolute Gasteiger partial charge is 0.381 e. The fourth-order valence-electron chi connectivity index (χ4n) is 3.08. The Kier molecular flexibility index (Phi) is 5.49. The van der Waals surface area contributed by atoms with Crippen molar-refractivity contribution in [3.05, 3.63) is 34.9 Å². The number of rotatable bonds is 8. The summed E-state index contributed by atoms with van der Waals surface area (Å²) in [6.45, 7) is 2.38. The van der Waals surface area contributed by atoms with Crippen molar-refractivity contribution in [3.63, 3.8) is 0 Å². The molecule has 0 bridgehead atoms. The lowest BCUT2D eigenvalue weighted by atomic mass is 9.90. The Balaban J connectivity index is 1.34. The minimum atomic E-state index is 0.123. The van der Waals surface area contributed by atoms with Crippen molar-refractivity contribution in [2.24, 2.45) is 5.92 Å². The molecule has 1 N–H and O–H groups in total. The number of ether oxygens (including phenoxy) is 1. The zero-order valence-corrected chi connectivity index (χ0v) is 13.4. The first kappa shape index (κ1) is 15.5. The summed E-state index contributed by atoms with van der Waals surface area (Å²) in [6.07, 6.45) is 9.01. The molecule has 1 aromatic carbocycles. The normalized spacial score (nSPS) is 17.1. The summed E-state index contributed by atoms with van der Waals surface area (Å²) >= 11 is 0. The van der Waals surface area contributed by atoms with Gasteiger partial charge in [-0.15, -0.1) is 0 Å². The molecule has 0 heterocycles. The van der Waals surface area contributed by atoms with Gasteiger partial charge in [0.1, 0.15) is 0 Å². The average Bonchev–Trinajstić information content (AvgIpc) is 3.35. The van der Waals surface area contributed by atoms with E-state index in [2.05, 4.69) is 23.5 Å². The highest BCUT2D eigenvalue weighted by Crippen LogP contribution is 2.28. The molecule has 1 fully saturated rings. The second-order valence-corrected chi connectivity index (χ2v) is 6.71. The highest BCUT2D eigenvalue weighted by molar-refractivity contribution is 5.78. The standard InChI is InChI=1S/C19H27NO2/c21-19(20-10-3-11-22-14-15-6-7-15)13-16-8-9-17-4-1-2-5-18(17)12-16/h8-9,12,15H,1-7,10-11,13-14H2,(H,20,21). The third-order valence-corrected chi connectivity index (χ3v) is 4.62. The van der Waals surface area contributed by atoms with Gasteiger partial charge in [-0.05, 0) is 67.6 Å². The molecule has 0 spiro atoms. The minimum Gasteiger partial charge on any atom is -0.381 e. The molecule has 0 radical (unpaired) electrons. The fourth-order valence-corrected chi connectivity index (χ4v) is 3.08. The maximum atomic E-state index is 12.0. The summed E-state index contributed by atoms with van der Waals surface area (Å²) < 4.78 is 5.57. The van der Waals surface area contributed by atoms with Crippen LogP contribution < -0.4 is 5.32 Å². The first-order valence-corrected chi connectivity index (χ1v) is 8.76. The molecular weight excluding hydrogens is 274 g/mol. The van der Waals surface area contributed by atoms with Gasteiger partial charge in [0.05, 0.1) is 6.42 Å². The Morgan fingerprint density at radius 3 is 2.82 bits per heavy atom. The van der Waals surface area contributed by atoms with Crippen LogP contribution in [0.2, 0.25) is 0 Å². The van der Waals surface area contributed by atoms with Crippen molar-refractivity contribution < 1.29 is 9.53 Å². The van der Waals surface area contributed by atoms with E-state index < -0.39 is 0 Å². The number of carbonyl (C=O) groups excluding carboxylic acids is 1. The van der Waals surface area contributed by atoms with Crippen LogP contribution in [-0.2, 0) is 28.8 Å². The van der Waals surface area contributed by atoms with Gasteiger partial charge in [-0.2, -0.15) is 0 Å². The summed E-state index contributed by atoms with van der Waals surface area (Å²) in [7, 11) is 0. The smallest absolute Gasteiger partial charge is 0.224 e. The van der Waals surface area contributed by atoms with Crippen LogP contribution in [0.3, 0.4) is 0 Å². The van der Waals surface area contributed by atoms with Gasteiger partial charge in [0.2, 0.25) is 5.91 Å². The summed E-state index contributed by atoms with van der Waals surface area (Å²) in [4.78, 5) is 12.0. The molecule has 3 heteroatoms. The minimum absolute atomic E-state index is 0.123. The number of fused-ring (bicyclic) bond motifs is 1. The lowest BCUT2D eigenvalue weighted by Gasteiger charge is -2.16. The van der Waals surface area contributed by atoms with Crippen LogP contribution in [0.4, 0.5) is 0 Å². The number of benzene rings is 1. The van der Waals surface area contributed by atoms with Crippen molar-refractivity contribution in [2.75, 3.05) is 19.8 Å². The van der Waals surface area contributed by atoms with Gasteiger partial charge in [0, 0.05) is 19.8 Å². The Labute approximate surface area is 133 Å². The van der Waals surface area contributed by atoms with E-state index in [1.807, 2.05) is 0 Å². The Hall–Kier alpha value is -1.35. The van der Waals surface area contributed by atoms with Gasteiger partial charge in [-0.3, -0.25) is 4.79 Å². The summed E-state index contributed by atoms with van der Waals surface area (Å²) in [6, 6.07) is 6.55. The molecule has 0 aromatic heterocycles. The predicted octanol–water partition coefficient (Wildman–Crippen LogP) is 3.04. The van der Waals surface area contributed by atoms with Crippen LogP contribution in [0, 0.1) is 5.92 Å². The summed E-state index contributed by atoms with van der Waals surface area (Å²) in [5.74, 6) is 0.941. The Bertz CT molecular complexity index is 508. The van der Waals surface area contributed by atoms with E-state index in [1.54, 1.807) is 0 Å². The van der Waals surface area contributed by atoms with E-state index in [9.17, 15) is 4.79 Å². The molecule has 1 amide bonds. The second kappa shape index (κ2) is 7.77. The number of aryl methyl sites for hydroxylation is 2. The molecule has 3 nitrogen and oxygen atoms in total. The molecular formula is C19H27NO2. The summed E-state index contributed by atoms with van der Waals surface area (Å²) in [5.41, 5.74) is 4.07. The average molecular weight is 301 g/mol. The molecule has 3 rings (SSSR count). The zero-order chi connectivity index (χ0) is 15.2. The number of carbonyl (C=O) groups is 1. The lowest BCUT2D eigenvalue weighted by molar-refractivity contribution is -0.120. The lowest BCUT2D eigenvalue weighted by Crippen LogP contribution is -2.27. The summed E-state index contributed by atoms with van der Waals surface area (Å²) in [5, 5.41) is 3.00. The van der Waals surface area contributed by atoms with Gasteiger partial charge < -0.3 is 10.1 Å². The van der Waals surface area contributed by atoms with Crippen molar-refractivity contribution >= 4 is 5.91 Å². The first-order valence-electron chi connectivity index (χ1n) is 8.76. The van der Waals surface area contributed by atoms with E-state index in [0.29, 0.717) is 13.0 Å². The number of amides is 1. The molecule has 22 heavy (non-hydrogen) atoms. The topological polar surface area (TPSA) is 38.3 Å². The van der Waals surface area contributed by atoms with Crippen molar-refractivity contribution in [2.45, 2.75) is 51.4 Å². The molecule has 0 unspecified atom stereocenters. The van der Waals surface area contributed by atoms with Crippen molar-refractivity contribution in [1.82, 2.24) is 5.32 Å². The molecule has 2 aliphatic carbocycles. The molecule has 0 atom stereocenters. The van der Waals surface area contributed by atoms with E-state index in [-0.39, 0.29) is 5.91 Å². The molecule has 0 aliphatic heterocycles. The van der Waals surface area contributed by atoms with E-state index in [1.165, 1.54) is 49.7 Å². The molecule has 1 aromatic rings. The Morgan fingerprint density at radius 1 is 1.18 bits per heavy atom. The van der Waals surface area contributed by atoms with Gasteiger partial charge in [0.25, 0.3) is 0 Å². The maximum absolute atomic E-state index is 12.0. The van der Waals surface area contributed by atoms with Crippen molar-refractivity contribution in [3.8, 4) is 0 Å². The van der Waals surface area contributed by atoms with Gasteiger partial charge in [0.15, 0.2) is 0 Å². The van der Waals surface area contributed by atoms with Gasteiger partial charge >= 0.3 is 0 Å². The second-order valence-electron chi connectivity index (χ2n) is 6.71. The monoisotopic (exact) mass is 301 g/mol. The fraction of sp³-hybridized carbons (Fsp3) is 0.632. The third-order valence-electron chi connectivity index (χ3n) is 4.62. The maximum Gasteiger partial charge on any atom is 0.224 e. The van der Waals surface area contributed by atoms with Gasteiger partial charge in [-0.25, -0.2) is 0 Å². The molecule has 0 saturated heterocycles. The third kappa shape index (κ3) is 4.84. The van der Waals surface area contributed by atoms with Gasteiger partial charge in [-0.1, -0.05) is 18.2 Å². The van der Waals surface area contributed by atoms with E-state index in [0.717, 1.165) is 31.1 Å². The highest BCUT2D eigenvalue weighted by atomic mass is 16.5.